The Morgan fingerprint density at radius 2 is 1.67 bits per heavy atom. The van der Waals surface area contributed by atoms with Gasteiger partial charge >= 0.3 is 0 Å². The molecular formula is C19H25NO. The highest BCUT2D eigenvalue weighted by Gasteiger charge is 2.00. The van der Waals surface area contributed by atoms with E-state index in [0.29, 0.717) is 12.6 Å². The number of nitrogens with one attached hydrogen (secondary N) is 1. The second kappa shape index (κ2) is 7.84. The van der Waals surface area contributed by atoms with Crippen LogP contribution in [0.15, 0.2) is 48.5 Å². The summed E-state index contributed by atoms with van der Waals surface area (Å²) in [5.74, 6) is 0.929. The summed E-state index contributed by atoms with van der Waals surface area (Å²) in [4.78, 5) is 0. The lowest BCUT2D eigenvalue weighted by molar-refractivity contribution is 0.306. The minimum Gasteiger partial charge on any atom is -0.489 e. The van der Waals surface area contributed by atoms with E-state index >= 15 is 0 Å². The maximum atomic E-state index is 5.85. The third-order valence-corrected chi connectivity index (χ3v) is 3.44. The maximum Gasteiger partial charge on any atom is 0.119 e. The topological polar surface area (TPSA) is 21.3 Å². The molecule has 0 unspecified atom stereocenters. The van der Waals surface area contributed by atoms with Crippen LogP contribution in [0.2, 0.25) is 0 Å². The van der Waals surface area contributed by atoms with Crippen LogP contribution in [0.3, 0.4) is 0 Å². The molecule has 0 atom stereocenters. The molecule has 0 saturated carbocycles. The fraction of sp³-hybridized carbons (Fsp3) is 0.368. The lowest BCUT2D eigenvalue weighted by atomic mass is 10.1. The first kappa shape index (κ1) is 15.6. The minimum absolute atomic E-state index is 0.502. The fourth-order valence-electron chi connectivity index (χ4n) is 2.14. The molecule has 2 nitrogen and oxygen atoms in total. The molecule has 0 radical (unpaired) electrons. The van der Waals surface area contributed by atoms with Crippen molar-refractivity contribution in [2.24, 2.45) is 0 Å². The van der Waals surface area contributed by atoms with Gasteiger partial charge in [0.15, 0.2) is 0 Å². The summed E-state index contributed by atoms with van der Waals surface area (Å²) in [7, 11) is 0. The lowest BCUT2D eigenvalue weighted by Crippen LogP contribution is -2.21. The summed E-state index contributed by atoms with van der Waals surface area (Å²) in [5.41, 5.74) is 3.84. The Kier molecular flexibility index (Phi) is 5.82. The molecule has 2 aromatic carbocycles. The van der Waals surface area contributed by atoms with Crippen LogP contribution in [0.25, 0.3) is 0 Å². The van der Waals surface area contributed by atoms with Gasteiger partial charge in [-0.15, -0.1) is 0 Å². The van der Waals surface area contributed by atoms with Gasteiger partial charge in [-0.25, -0.2) is 0 Å². The van der Waals surface area contributed by atoms with Crippen molar-refractivity contribution in [3.63, 3.8) is 0 Å². The van der Waals surface area contributed by atoms with Crippen molar-refractivity contribution in [2.45, 2.75) is 46.4 Å². The Hall–Kier alpha value is -1.80. The average molecular weight is 283 g/mol. The molecule has 1 N–H and O–H groups in total. The SMILES string of the molecule is CCc1ccc(OCc2cccc(CNC(C)C)c2)cc1. The van der Waals surface area contributed by atoms with Crippen molar-refractivity contribution in [1.29, 1.82) is 0 Å². The molecule has 112 valence electrons. The summed E-state index contributed by atoms with van der Waals surface area (Å²) in [6.07, 6.45) is 1.06. The first-order chi connectivity index (χ1) is 10.2. The number of ether oxygens (including phenoxy) is 1. The molecule has 0 aliphatic heterocycles. The van der Waals surface area contributed by atoms with Gasteiger partial charge in [0, 0.05) is 12.6 Å². The summed E-state index contributed by atoms with van der Waals surface area (Å²) < 4.78 is 5.85. The molecule has 2 heteroatoms. The van der Waals surface area contributed by atoms with E-state index in [1.54, 1.807) is 0 Å². The average Bonchev–Trinajstić information content (AvgIpc) is 2.52. The smallest absolute Gasteiger partial charge is 0.119 e. The van der Waals surface area contributed by atoms with Crippen LogP contribution in [0, 0.1) is 0 Å². The van der Waals surface area contributed by atoms with Crippen molar-refractivity contribution in [2.75, 3.05) is 0 Å². The molecule has 2 rings (SSSR count). The van der Waals surface area contributed by atoms with E-state index in [0.717, 1.165) is 18.7 Å². The zero-order valence-electron chi connectivity index (χ0n) is 13.2. The largest absolute Gasteiger partial charge is 0.489 e. The van der Waals surface area contributed by atoms with Gasteiger partial charge in [-0.1, -0.05) is 57.2 Å². The third-order valence-electron chi connectivity index (χ3n) is 3.44. The van der Waals surface area contributed by atoms with E-state index in [-0.39, 0.29) is 0 Å². The van der Waals surface area contributed by atoms with E-state index in [4.69, 9.17) is 4.74 Å². The summed E-state index contributed by atoms with van der Waals surface area (Å²) in [6.45, 7) is 7.99. The molecule has 0 aromatic heterocycles. The van der Waals surface area contributed by atoms with Gasteiger partial charge in [-0.3, -0.25) is 0 Å². The molecule has 0 heterocycles. The Morgan fingerprint density at radius 3 is 2.33 bits per heavy atom. The van der Waals surface area contributed by atoms with Crippen molar-refractivity contribution in [1.82, 2.24) is 5.32 Å². The number of hydrogen-bond acceptors (Lipinski definition) is 2. The molecule has 0 saturated heterocycles. The maximum absolute atomic E-state index is 5.85. The van der Waals surface area contributed by atoms with E-state index in [1.165, 1.54) is 16.7 Å². The number of benzene rings is 2. The standard InChI is InChI=1S/C19H25NO/c1-4-16-8-10-19(11-9-16)21-14-18-7-5-6-17(12-18)13-20-15(2)3/h5-12,15,20H,4,13-14H2,1-3H3. The summed E-state index contributed by atoms with van der Waals surface area (Å²) in [6, 6.07) is 17.4. The van der Waals surface area contributed by atoms with Crippen molar-refractivity contribution in [3.05, 3.63) is 65.2 Å². The quantitative estimate of drug-likeness (QED) is 0.817. The van der Waals surface area contributed by atoms with E-state index in [9.17, 15) is 0 Å². The first-order valence-corrected chi connectivity index (χ1v) is 7.70. The predicted octanol–water partition coefficient (Wildman–Crippen LogP) is 4.33. The van der Waals surface area contributed by atoms with Gasteiger partial charge < -0.3 is 10.1 Å². The van der Waals surface area contributed by atoms with Crippen LogP contribution < -0.4 is 10.1 Å². The molecule has 0 bridgehead atoms. The van der Waals surface area contributed by atoms with Crippen LogP contribution >= 0.6 is 0 Å². The number of rotatable bonds is 7. The fourth-order valence-corrected chi connectivity index (χ4v) is 2.14. The highest BCUT2D eigenvalue weighted by atomic mass is 16.5. The van der Waals surface area contributed by atoms with E-state index < -0.39 is 0 Å². The van der Waals surface area contributed by atoms with Gasteiger partial charge in [0.1, 0.15) is 12.4 Å². The van der Waals surface area contributed by atoms with Crippen LogP contribution in [0.4, 0.5) is 0 Å². The minimum atomic E-state index is 0.502. The number of aryl methyl sites for hydroxylation is 1. The van der Waals surface area contributed by atoms with Crippen molar-refractivity contribution < 1.29 is 4.74 Å². The Balaban J connectivity index is 1.91. The molecule has 0 amide bonds. The Morgan fingerprint density at radius 1 is 0.952 bits per heavy atom. The highest BCUT2D eigenvalue weighted by Crippen LogP contribution is 2.15. The van der Waals surface area contributed by atoms with Gasteiger partial charge in [-0.2, -0.15) is 0 Å². The Bertz CT molecular complexity index is 546. The number of hydrogen-bond donors (Lipinski definition) is 1. The monoisotopic (exact) mass is 283 g/mol. The summed E-state index contributed by atoms with van der Waals surface area (Å²) in [5, 5.41) is 3.43. The molecule has 2 aromatic rings. The van der Waals surface area contributed by atoms with Crippen LogP contribution in [-0.4, -0.2) is 6.04 Å². The van der Waals surface area contributed by atoms with Crippen LogP contribution in [0.1, 0.15) is 37.5 Å². The normalized spacial score (nSPS) is 10.9. The van der Waals surface area contributed by atoms with Crippen molar-refractivity contribution in [3.8, 4) is 5.75 Å². The second-order valence-electron chi connectivity index (χ2n) is 5.64. The van der Waals surface area contributed by atoms with Gasteiger partial charge in [0.25, 0.3) is 0 Å². The van der Waals surface area contributed by atoms with Gasteiger partial charge in [0.2, 0.25) is 0 Å². The Labute approximate surface area is 128 Å². The molecule has 0 aliphatic rings. The molecule has 0 fully saturated rings. The highest BCUT2D eigenvalue weighted by molar-refractivity contribution is 5.28. The van der Waals surface area contributed by atoms with Crippen molar-refractivity contribution >= 4 is 0 Å². The predicted molar refractivity (Wildman–Crippen MR) is 88.6 cm³/mol. The molecular weight excluding hydrogens is 258 g/mol. The van der Waals surface area contributed by atoms with E-state index in [2.05, 4.69) is 62.5 Å². The second-order valence-corrected chi connectivity index (χ2v) is 5.64. The van der Waals surface area contributed by atoms with Gasteiger partial charge in [-0.05, 0) is 35.2 Å². The zero-order valence-corrected chi connectivity index (χ0v) is 13.2. The zero-order chi connectivity index (χ0) is 15.1. The lowest BCUT2D eigenvalue weighted by Gasteiger charge is -2.10. The third kappa shape index (κ3) is 5.24. The van der Waals surface area contributed by atoms with Crippen LogP contribution in [-0.2, 0) is 19.6 Å². The van der Waals surface area contributed by atoms with E-state index in [1.807, 2.05) is 12.1 Å². The van der Waals surface area contributed by atoms with Gasteiger partial charge in [0.05, 0.1) is 0 Å². The van der Waals surface area contributed by atoms with Crippen LogP contribution in [0.5, 0.6) is 5.75 Å². The molecule has 0 aliphatic carbocycles. The molecule has 21 heavy (non-hydrogen) atoms. The molecule has 0 spiro atoms. The first-order valence-electron chi connectivity index (χ1n) is 7.70. The summed E-state index contributed by atoms with van der Waals surface area (Å²) >= 11 is 0.